The van der Waals surface area contributed by atoms with Crippen molar-refractivity contribution in [1.29, 1.82) is 5.26 Å². The van der Waals surface area contributed by atoms with Crippen molar-refractivity contribution in [2.75, 3.05) is 26.6 Å². The van der Waals surface area contributed by atoms with Crippen LogP contribution in [-0.2, 0) is 15.1 Å². The van der Waals surface area contributed by atoms with Crippen LogP contribution in [0.25, 0.3) is 11.2 Å². The van der Waals surface area contributed by atoms with Gasteiger partial charge in [-0.1, -0.05) is 54.6 Å². The topological polar surface area (TPSA) is 171 Å². The number of hydrogen-bond acceptors (Lipinski definition) is 11. The fraction of sp³-hybridized carbons (Fsp3) is 0.250. The highest BCUT2D eigenvalue weighted by molar-refractivity contribution is 5.82. The predicted octanol–water partition coefficient (Wildman–Crippen LogP) is 2.93. The molecule has 0 saturated carbocycles. The van der Waals surface area contributed by atoms with Gasteiger partial charge < -0.3 is 34.9 Å². The number of nitriles is 1. The van der Waals surface area contributed by atoms with Gasteiger partial charge in [0.2, 0.25) is 5.82 Å². The van der Waals surface area contributed by atoms with Gasteiger partial charge in [-0.25, -0.2) is 4.98 Å². The number of methoxy groups -OCH3 is 2. The Bertz CT molecular complexity index is 1740. The van der Waals surface area contributed by atoms with E-state index in [4.69, 9.17) is 24.7 Å². The van der Waals surface area contributed by atoms with E-state index in [9.17, 15) is 15.5 Å². The highest BCUT2D eigenvalue weighted by atomic mass is 16.6. The van der Waals surface area contributed by atoms with E-state index in [1.165, 1.54) is 10.9 Å². The first-order valence-electron chi connectivity index (χ1n) is 13.8. The fourth-order valence-electron chi connectivity index (χ4n) is 5.55. The van der Waals surface area contributed by atoms with Crippen molar-refractivity contribution in [2.24, 2.45) is 0 Å². The number of nitrogen functional groups attached to an aromatic ring is 1. The lowest BCUT2D eigenvalue weighted by atomic mass is 9.80. The van der Waals surface area contributed by atoms with E-state index in [1.807, 2.05) is 84.9 Å². The zero-order valence-electron chi connectivity index (χ0n) is 23.9. The molecule has 4 N–H and O–H groups in total. The molecule has 1 aliphatic rings. The summed E-state index contributed by atoms with van der Waals surface area (Å²) in [6.07, 6.45) is -3.36. The molecule has 12 heteroatoms. The number of nitrogens with zero attached hydrogens (tertiary/aromatic N) is 5. The molecule has 3 aromatic carbocycles. The SMILES string of the molecule is COc1ccc(C(OC[C@H]2O[C@@H](n3cnc4c(N)nc(C#N)nc43)[C@H](O)[C@@H]2O)(c2ccccc2)c2ccc(OC)cc2)cc1. The molecule has 1 saturated heterocycles. The molecule has 0 spiro atoms. The molecule has 0 amide bonds. The number of ether oxygens (including phenoxy) is 4. The molecular weight excluding hydrogens is 564 g/mol. The monoisotopic (exact) mass is 594 g/mol. The minimum absolute atomic E-state index is 0.0184. The van der Waals surface area contributed by atoms with Crippen LogP contribution >= 0.6 is 0 Å². The second kappa shape index (κ2) is 11.9. The minimum Gasteiger partial charge on any atom is -0.497 e. The van der Waals surface area contributed by atoms with E-state index >= 15 is 0 Å². The van der Waals surface area contributed by atoms with Crippen molar-refractivity contribution in [3.63, 3.8) is 0 Å². The van der Waals surface area contributed by atoms with Gasteiger partial charge in [-0.15, -0.1) is 0 Å². The summed E-state index contributed by atoms with van der Waals surface area (Å²) in [5.41, 5.74) is 7.69. The van der Waals surface area contributed by atoms with Crippen LogP contribution in [0.5, 0.6) is 11.5 Å². The maximum Gasteiger partial charge on any atom is 0.236 e. The lowest BCUT2D eigenvalue weighted by Crippen LogP contribution is -2.39. The van der Waals surface area contributed by atoms with Gasteiger partial charge in [0.15, 0.2) is 17.7 Å². The molecule has 12 nitrogen and oxygen atoms in total. The van der Waals surface area contributed by atoms with E-state index in [1.54, 1.807) is 14.2 Å². The Labute approximate surface area is 252 Å². The van der Waals surface area contributed by atoms with Crippen LogP contribution in [-0.4, -0.2) is 68.9 Å². The third kappa shape index (κ3) is 4.97. The fourth-order valence-corrected chi connectivity index (χ4v) is 5.55. The van der Waals surface area contributed by atoms with Gasteiger partial charge in [0.05, 0.1) is 27.2 Å². The average Bonchev–Trinajstić information content (AvgIpc) is 3.62. The van der Waals surface area contributed by atoms with Crippen LogP contribution in [0, 0.1) is 11.3 Å². The molecule has 2 aromatic heterocycles. The van der Waals surface area contributed by atoms with Gasteiger partial charge in [-0.05, 0) is 41.0 Å². The van der Waals surface area contributed by atoms with Crippen molar-refractivity contribution in [3.8, 4) is 17.6 Å². The molecule has 0 radical (unpaired) electrons. The van der Waals surface area contributed by atoms with Gasteiger partial charge in [0.25, 0.3) is 0 Å². The molecule has 1 aliphatic heterocycles. The first-order chi connectivity index (χ1) is 21.4. The van der Waals surface area contributed by atoms with Crippen molar-refractivity contribution in [2.45, 2.75) is 30.1 Å². The Balaban J connectivity index is 1.39. The predicted molar refractivity (Wildman–Crippen MR) is 159 cm³/mol. The molecule has 6 rings (SSSR count). The third-order valence-corrected chi connectivity index (χ3v) is 7.80. The summed E-state index contributed by atoms with van der Waals surface area (Å²) in [5, 5.41) is 31.6. The second-order valence-electron chi connectivity index (χ2n) is 10.2. The number of anilines is 1. The molecule has 0 aliphatic carbocycles. The number of hydrogen-bond donors (Lipinski definition) is 3. The Hall–Kier alpha value is -5.06. The van der Waals surface area contributed by atoms with E-state index in [-0.39, 0.29) is 29.4 Å². The quantitative estimate of drug-likeness (QED) is 0.214. The van der Waals surface area contributed by atoms with Crippen molar-refractivity contribution in [1.82, 2.24) is 19.5 Å². The summed E-state index contributed by atoms with van der Waals surface area (Å²) < 4.78 is 25.3. The number of imidazole rings is 1. The summed E-state index contributed by atoms with van der Waals surface area (Å²) in [5.74, 6) is 1.23. The highest BCUT2D eigenvalue weighted by Crippen LogP contribution is 2.43. The molecule has 44 heavy (non-hydrogen) atoms. The smallest absolute Gasteiger partial charge is 0.236 e. The van der Waals surface area contributed by atoms with Crippen LogP contribution in [0.1, 0.15) is 28.7 Å². The first kappa shape index (κ1) is 29.0. The van der Waals surface area contributed by atoms with Gasteiger partial charge in [-0.2, -0.15) is 15.2 Å². The Morgan fingerprint density at radius 3 is 2.05 bits per heavy atom. The molecule has 5 aromatic rings. The summed E-state index contributed by atoms with van der Waals surface area (Å²) in [4.78, 5) is 12.3. The molecule has 0 bridgehead atoms. The minimum atomic E-state index is -1.36. The number of fused-ring (bicyclic) bond motifs is 1. The molecule has 3 heterocycles. The summed E-state index contributed by atoms with van der Waals surface area (Å²) >= 11 is 0. The van der Waals surface area contributed by atoms with Gasteiger partial charge in [0.1, 0.15) is 47.0 Å². The summed E-state index contributed by atoms with van der Waals surface area (Å²) in [6, 6.07) is 26.7. The van der Waals surface area contributed by atoms with Crippen LogP contribution in [0.4, 0.5) is 5.82 Å². The maximum atomic E-state index is 11.2. The highest BCUT2D eigenvalue weighted by Gasteiger charge is 2.47. The van der Waals surface area contributed by atoms with Crippen LogP contribution < -0.4 is 15.2 Å². The number of aliphatic hydroxyl groups is 2. The number of benzene rings is 3. The largest absolute Gasteiger partial charge is 0.497 e. The molecule has 1 fully saturated rings. The zero-order valence-corrected chi connectivity index (χ0v) is 23.9. The van der Waals surface area contributed by atoms with Crippen molar-refractivity contribution < 1.29 is 29.2 Å². The normalized spacial score (nSPS) is 20.0. The molecule has 4 atom stereocenters. The number of rotatable bonds is 9. The van der Waals surface area contributed by atoms with E-state index in [2.05, 4.69) is 15.0 Å². The lowest BCUT2D eigenvalue weighted by Gasteiger charge is -2.37. The van der Waals surface area contributed by atoms with Crippen LogP contribution in [0.2, 0.25) is 0 Å². The van der Waals surface area contributed by atoms with Gasteiger partial charge in [-0.3, -0.25) is 4.57 Å². The first-order valence-corrected chi connectivity index (χ1v) is 13.8. The van der Waals surface area contributed by atoms with Crippen LogP contribution in [0.3, 0.4) is 0 Å². The number of aliphatic hydroxyl groups excluding tert-OH is 2. The molecule has 0 unspecified atom stereocenters. The van der Waals surface area contributed by atoms with Gasteiger partial charge in [0, 0.05) is 0 Å². The standard InChI is InChI=1S/C32H30N6O6/c1-41-22-12-8-20(9-13-22)32(19-6-4-3-5-7-19,21-10-14-23(42-2)15-11-21)43-17-24-27(39)28(40)31(44-24)38-18-35-26-29(34)36-25(16-33)37-30(26)38/h3-15,18,24,27-28,31,39-40H,17H2,1-2H3,(H2,34,36,37)/t24-,27-,28-,31-/m1/s1. The zero-order chi connectivity index (χ0) is 30.8. The Morgan fingerprint density at radius 1 is 0.886 bits per heavy atom. The van der Waals surface area contributed by atoms with E-state index < -0.39 is 30.1 Å². The number of aromatic nitrogens is 4. The van der Waals surface area contributed by atoms with Crippen LogP contribution in [0.15, 0.2) is 85.2 Å². The lowest BCUT2D eigenvalue weighted by molar-refractivity contribution is -0.0942. The molecule has 224 valence electrons. The molecular formula is C32H30N6O6. The Morgan fingerprint density at radius 2 is 1.48 bits per heavy atom. The van der Waals surface area contributed by atoms with Crippen molar-refractivity contribution >= 4 is 17.0 Å². The summed E-state index contributed by atoms with van der Waals surface area (Å²) in [6.45, 7) is -0.116. The second-order valence-corrected chi connectivity index (χ2v) is 10.2. The maximum absolute atomic E-state index is 11.2. The summed E-state index contributed by atoms with van der Waals surface area (Å²) in [7, 11) is 3.20. The van der Waals surface area contributed by atoms with Gasteiger partial charge >= 0.3 is 0 Å². The van der Waals surface area contributed by atoms with E-state index in [0.29, 0.717) is 11.5 Å². The Kier molecular flexibility index (Phi) is 7.86. The third-order valence-electron chi connectivity index (χ3n) is 7.80. The van der Waals surface area contributed by atoms with Crippen molar-refractivity contribution in [3.05, 3.63) is 108 Å². The average molecular weight is 595 g/mol. The number of nitrogens with two attached hydrogens (primary N) is 1. The van der Waals surface area contributed by atoms with E-state index in [0.717, 1.165) is 16.7 Å².